The van der Waals surface area contributed by atoms with E-state index < -0.39 is 6.04 Å². The fraction of sp³-hybridized carbons (Fsp3) is 0.206. The van der Waals surface area contributed by atoms with Crippen LogP contribution in [-0.4, -0.2) is 20.5 Å². The fourth-order valence-electron chi connectivity index (χ4n) is 5.01. The van der Waals surface area contributed by atoms with Gasteiger partial charge in [0.1, 0.15) is 5.82 Å². The van der Waals surface area contributed by atoms with Crippen LogP contribution >= 0.6 is 0 Å². The molecule has 2 amide bonds. The molecular formula is C34H34N4O2. The van der Waals surface area contributed by atoms with Crippen LogP contribution < -0.4 is 10.9 Å². The molecule has 1 aromatic heterocycles. The van der Waals surface area contributed by atoms with Gasteiger partial charge in [-0.25, -0.2) is 9.78 Å². The zero-order chi connectivity index (χ0) is 28.1. The number of hydrogen-bond donors (Lipinski definition) is 1. The molecule has 0 radical (unpaired) electrons. The first-order chi connectivity index (χ1) is 19.5. The highest BCUT2D eigenvalue weighted by molar-refractivity contribution is 5.78. The molecule has 0 fully saturated rings. The SMILES string of the molecule is CCC(c1nc2ccccc2c(=O)n1-c1ccc(C)c(C)c1)N(Cc1ccccc1)C(=O)NCc1ccccc1. The molecule has 6 nitrogen and oxygen atoms in total. The van der Waals surface area contributed by atoms with Crippen LogP contribution in [0.3, 0.4) is 0 Å². The molecule has 0 bridgehead atoms. The maximum atomic E-state index is 14.0. The van der Waals surface area contributed by atoms with Crippen LogP contribution in [0, 0.1) is 13.8 Å². The molecule has 6 heteroatoms. The highest BCUT2D eigenvalue weighted by Crippen LogP contribution is 2.28. The average molecular weight is 531 g/mol. The van der Waals surface area contributed by atoms with Gasteiger partial charge in [-0.1, -0.05) is 85.8 Å². The molecule has 0 aliphatic rings. The van der Waals surface area contributed by atoms with Crippen LogP contribution in [0.1, 0.15) is 47.5 Å². The Labute approximate surface area is 234 Å². The predicted molar refractivity (Wildman–Crippen MR) is 161 cm³/mol. The number of para-hydroxylation sites is 1. The Morgan fingerprint density at radius 1 is 0.850 bits per heavy atom. The molecule has 0 aliphatic carbocycles. The molecular weight excluding hydrogens is 496 g/mol. The lowest BCUT2D eigenvalue weighted by Gasteiger charge is -2.32. The van der Waals surface area contributed by atoms with Gasteiger partial charge >= 0.3 is 6.03 Å². The molecule has 0 aliphatic heterocycles. The van der Waals surface area contributed by atoms with Gasteiger partial charge in [-0.15, -0.1) is 0 Å². The quantitative estimate of drug-likeness (QED) is 0.238. The van der Waals surface area contributed by atoms with Gasteiger partial charge in [0, 0.05) is 13.1 Å². The summed E-state index contributed by atoms with van der Waals surface area (Å²) in [5, 5.41) is 3.65. The molecule has 202 valence electrons. The van der Waals surface area contributed by atoms with Gasteiger partial charge in [0.25, 0.3) is 5.56 Å². The van der Waals surface area contributed by atoms with Gasteiger partial charge in [0.15, 0.2) is 0 Å². The third-order valence-corrected chi connectivity index (χ3v) is 7.35. The largest absolute Gasteiger partial charge is 0.334 e. The minimum Gasteiger partial charge on any atom is -0.334 e. The third-order valence-electron chi connectivity index (χ3n) is 7.35. The van der Waals surface area contributed by atoms with Gasteiger partial charge in [-0.3, -0.25) is 9.36 Å². The smallest absolute Gasteiger partial charge is 0.318 e. The summed E-state index contributed by atoms with van der Waals surface area (Å²) >= 11 is 0. The maximum absolute atomic E-state index is 14.0. The van der Waals surface area contributed by atoms with Gasteiger partial charge in [0.2, 0.25) is 0 Å². The molecule has 0 saturated carbocycles. The van der Waals surface area contributed by atoms with Crippen molar-refractivity contribution >= 4 is 16.9 Å². The van der Waals surface area contributed by atoms with Gasteiger partial charge in [-0.05, 0) is 66.8 Å². The summed E-state index contributed by atoms with van der Waals surface area (Å²) < 4.78 is 1.69. The summed E-state index contributed by atoms with van der Waals surface area (Å²) in [4.78, 5) is 34.8. The lowest BCUT2D eigenvalue weighted by Crippen LogP contribution is -2.43. The normalized spacial score (nSPS) is 11.8. The van der Waals surface area contributed by atoms with Crippen molar-refractivity contribution in [2.24, 2.45) is 0 Å². The number of aromatic nitrogens is 2. The molecule has 0 saturated heterocycles. The Bertz CT molecular complexity index is 1680. The number of carbonyl (C=O) groups is 1. The summed E-state index contributed by atoms with van der Waals surface area (Å²) in [5.41, 5.74) is 5.45. The number of aryl methyl sites for hydroxylation is 2. The minimum atomic E-state index is -0.463. The number of carbonyl (C=O) groups excluding carboxylic acids is 1. The van der Waals surface area contributed by atoms with Crippen LogP contribution in [0.2, 0.25) is 0 Å². The molecule has 5 aromatic rings. The molecule has 1 atom stereocenters. The fourth-order valence-corrected chi connectivity index (χ4v) is 5.01. The van der Waals surface area contributed by atoms with Gasteiger partial charge < -0.3 is 10.2 Å². The molecule has 1 unspecified atom stereocenters. The van der Waals surface area contributed by atoms with E-state index in [1.54, 1.807) is 15.5 Å². The van der Waals surface area contributed by atoms with Crippen LogP contribution in [0.15, 0.2) is 108 Å². The van der Waals surface area contributed by atoms with Crippen molar-refractivity contribution in [1.29, 1.82) is 0 Å². The number of nitrogens with zero attached hydrogens (tertiary/aromatic N) is 3. The Morgan fingerprint density at radius 2 is 1.50 bits per heavy atom. The Balaban J connectivity index is 1.65. The zero-order valence-electron chi connectivity index (χ0n) is 23.2. The van der Waals surface area contributed by atoms with E-state index in [-0.39, 0.29) is 11.6 Å². The highest BCUT2D eigenvalue weighted by atomic mass is 16.2. The second kappa shape index (κ2) is 12.0. The van der Waals surface area contributed by atoms with Crippen molar-refractivity contribution in [3.8, 4) is 5.69 Å². The van der Waals surface area contributed by atoms with E-state index in [4.69, 9.17) is 4.98 Å². The van der Waals surface area contributed by atoms with Crippen molar-refractivity contribution in [1.82, 2.24) is 19.8 Å². The first-order valence-corrected chi connectivity index (χ1v) is 13.7. The molecule has 1 heterocycles. The van der Waals surface area contributed by atoms with Crippen LogP contribution in [0.5, 0.6) is 0 Å². The highest BCUT2D eigenvalue weighted by Gasteiger charge is 2.29. The predicted octanol–water partition coefficient (Wildman–Crippen LogP) is 6.87. The standard InChI is InChI=1S/C34H34N4O2/c1-4-31(37(23-27-15-9-6-10-16-27)34(40)35-22-26-13-7-5-8-14-26)32-36-30-18-12-11-17-29(30)33(39)38(32)28-20-19-24(2)25(3)21-28/h5-21,31H,4,22-23H2,1-3H3,(H,35,40). The number of hydrogen-bond acceptors (Lipinski definition) is 3. The van der Waals surface area contributed by atoms with Crippen LogP contribution in [0.4, 0.5) is 4.79 Å². The van der Waals surface area contributed by atoms with Crippen LogP contribution in [0.25, 0.3) is 16.6 Å². The van der Waals surface area contributed by atoms with E-state index in [1.807, 2.05) is 111 Å². The number of nitrogens with one attached hydrogen (secondary N) is 1. The molecule has 40 heavy (non-hydrogen) atoms. The molecule has 4 aromatic carbocycles. The number of benzene rings is 4. The second-order valence-electron chi connectivity index (χ2n) is 10.1. The summed E-state index contributed by atoms with van der Waals surface area (Å²) in [6.07, 6.45) is 0.571. The zero-order valence-corrected chi connectivity index (χ0v) is 23.2. The van der Waals surface area contributed by atoms with Crippen molar-refractivity contribution in [3.63, 3.8) is 0 Å². The summed E-state index contributed by atoms with van der Waals surface area (Å²) in [5.74, 6) is 0.542. The first kappa shape index (κ1) is 26.9. The topological polar surface area (TPSA) is 67.2 Å². The van der Waals surface area contributed by atoms with E-state index in [0.717, 1.165) is 27.9 Å². The van der Waals surface area contributed by atoms with Gasteiger partial charge in [0.05, 0.1) is 22.6 Å². The number of rotatable bonds is 8. The Hall–Kier alpha value is -4.71. The van der Waals surface area contributed by atoms with E-state index in [2.05, 4.69) is 12.2 Å². The Morgan fingerprint density at radius 3 is 2.17 bits per heavy atom. The monoisotopic (exact) mass is 530 g/mol. The third kappa shape index (κ3) is 5.66. The maximum Gasteiger partial charge on any atom is 0.318 e. The lowest BCUT2D eigenvalue weighted by molar-refractivity contribution is 0.163. The van der Waals surface area contributed by atoms with Crippen LogP contribution in [-0.2, 0) is 13.1 Å². The minimum absolute atomic E-state index is 0.147. The number of amides is 2. The van der Waals surface area contributed by atoms with Crippen molar-refractivity contribution in [3.05, 3.63) is 142 Å². The Kier molecular flexibility index (Phi) is 8.06. The number of urea groups is 1. The average Bonchev–Trinajstić information content (AvgIpc) is 2.98. The van der Waals surface area contributed by atoms with Crippen molar-refractivity contribution in [2.45, 2.75) is 46.3 Å². The van der Waals surface area contributed by atoms with Crippen molar-refractivity contribution < 1.29 is 4.79 Å². The molecule has 5 rings (SSSR count). The molecule has 0 spiro atoms. The van der Waals surface area contributed by atoms with Crippen molar-refractivity contribution in [2.75, 3.05) is 0 Å². The summed E-state index contributed by atoms with van der Waals surface area (Å²) in [6.45, 7) is 6.88. The summed E-state index contributed by atoms with van der Waals surface area (Å²) in [6, 6.07) is 32.5. The first-order valence-electron chi connectivity index (χ1n) is 13.7. The van der Waals surface area contributed by atoms with E-state index in [1.165, 1.54) is 0 Å². The second-order valence-corrected chi connectivity index (χ2v) is 10.1. The number of fused-ring (bicyclic) bond motifs is 1. The van der Waals surface area contributed by atoms with E-state index in [0.29, 0.717) is 36.2 Å². The van der Waals surface area contributed by atoms with E-state index >= 15 is 0 Å². The van der Waals surface area contributed by atoms with E-state index in [9.17, 15) is 9.59 Å². The summed E-state index contributed by atoms with van der Waals surface area (Å²) in [7, 11) is 0. The lowest BCUT2D eigenvalue weighted by atomic mass is 10.1. The van der Waals surface area contributed by atoms with Gasteiger partial charge in [-0.2, -0.15) is 0 Å². The molecule has 1 N–H and O–H groups in total.